The number of fused-ring (bicyclic) bond motifs is 21. The Hall–Kier alpha value is -12.6. The normalized spacial score (nSPS) is 14.8. The van der Waals surface area contributed by atoms with E-state index in [1.54, 1.807) is 0 Å². The van der Waals surface area contributed by atoms with Crippen molar-refractivity contribution in [2.75, 3.05) is 9.80 Å². The Morgan fingerprint density at radius 1 is 0.176 bits per heavy atom. The second kappa shape index (κ2) is 22.5. The van der Waals surface area contributed by atoms with Gasteiger partial charge in [0.25, 0.3) is 0 Å². The Morgan fingerprint density at radius 3 is 0.963 bits per heavy atom. The van der Waals surface area contributed by atoms with Crippen molar-refractivity contribution in [3.8, 4) is 66.8 Å². The van der Waals surface area contributed by atoms with Gasteiger partial charge in [-0.05, 0) is 296 Å². The van der Waals surface area contributed by atoms with Gasteiger partial charge in [0.15, 0.2) is 0 Å². The first-order valence-electron chi connectivity index (χ1n) is 38.4. The predicted octanol–water partition coefficient (Wildman–Crippen LogP) is 29.3. The maximum absolute atomic E-state index is 2.57. The first-order valence-corrected chi connectivity index (χ1v) is 38.4. The zero-order valence-corrected chi connectivity index (χ0v) is 62.1. The molecule has 18 aromatic carbocycles. The molecular weight excluding hydrogens is 1300 g/mol. The fraction of sp³-hybridized carbons (Fsp3) is 0.113. The minimum atomic E-state index is -0.287. The van der Waals surface area contributed by atoms with Crippen LogP contribution in [-0.4, -0.2) is 0 Å². The van der Waals surface area contributed by atoms with Crippen molar-refractivity contribution in [2.45, 2.75) is 77.0 Å². The highest BCUT2D eigenvalue weighted by atomic mass is 15.1. The number of benzene rings is 18. The fourth-order valence-corrected chi connectivity index (χ4v) is 20.5. The first kappa shape index (κ1) is 62.7. The van der Waals surface area contributed by atoms with Gasteiger partial charge in [0.05, 0.1) is 0 Å². The highest BCUT2D eigenvalue weighted by Gasteiger charge is 2.42. The molecule has 0 N–H and O–H groups in total. The number of hydrogen-bond acceptors (Lipinski definition) is 2. The summed E-state index contributed by atoms with van der Waals surface area (Å²) in [5, 5.41) is 17.4. The molecule has 0 aromatic heterocycles. The van der Waals surface area contributed by atoms with Crippen molar-refractivity contribution in [3.05, 3.63) is 372 Å². The van der Waals surface area contributed by atoms with Gasteiger partial charge in [0, 0.05) is 55.8 Å². The van der Waals surface area contributed by atoms with Crippen molar-refractivity contribution in [1.29, 1.82) is 0 Å². The maximum Gasteiger partial charge on any atom is 0.0468 e. The minimum absolute atomic E-state index is 0.262. The van der Waals surface area contributed by atoms with E-state index in [2.05, 4.69) is 393 Å². The Morgan fingerprint density at radius 2 is 0.491 bits per heavy atom. The van der Waals surface area contributed by atoms with Crippen LogP contribution in [0.2, 0.25) is 0 Å². The second-order valence-corrected chi connectivity index (χ2v) is 33.1. The monoisotopic (exact) mass is 1380 g/mol. The standard InChI is InChI=1S/C106H78N2/c1-103(2)93-57-71(37-44-83(93)89-53-67-26-14-16-28-69(67)55-95(89)103)99-86-51-43-76(108(74-39-34-63-22-12-13-25-66(63)52-74)78-41-49-82-88-47-36-65-24-19-21-33-80(65)102(88)106(7,8)98(82)62-78)60-92(86)100(72-38-45-84-90-54-68-27-15-17-29-70(68)56-96(90)104(3,4)94(84)58-72)85-50-42-75(59-91(85)99)107(73-30-10-9-11-31-73)77-40-48-81-87-46-35-64-23-18-20-32-79(64)101(87)105(5,6)97(81)61-77/h9-62H,1-8H3. The molecule has 4 aliphatic rings. The third-order valence-electron chi connectivity index (χ3n) is 25.8. The molecule has 0 heterocycles. The topological polar surface area (TPSA) is 6.48 Å². The summed E-state index contributed by atoms with van der Waals surface area (Å²) < 4.78 is 0. The molecule has 0 bridgehead atoms. The van der Waals surface area contributed by atoms with E-state index in [4.69, 9.17) is 0 Å². The Balaban J connectivity index is 0.824. The second-order valence-electron chi connectivity index (χ2n) is 33.1. The van der Waals surface area contributed by atoms with E-state index >= 15 is 0 Å². The molecular formula is C106H78N2. The zero-order valence-electron chi connectivity index (χ0n) is 62.1. The van der Waals surface area contributed by atoms with Crippen molar-refractivity contribution in [2.24, 2.45) is 0 Å². The number of hydrogen-bond donors (Lipinski definition) is 0. The van der Waals surface area contributed by atoms with E-state index in [1.807, 2.05) is 0 Å². The van der Waals surface area contributed by atoms with Gasteiger partial charge in [-0.15, -0.1) is 0 Å². The highest BCUT2D eigenvalue weighted by Crippen LogP contribution is 2.59. The molecule has 0 spiro atoms. The quantitative estimate of drug-likeness (QED) is 0.140. The summed E-state index contributed by atoms with van der Waals surface area (Å²) in [6.45, 7) is 19.5. The highest BCUT2D eigenvalue weighted by molar-refractivity contribution is 6.23. The Bertz CT molecular complexity index is 7000. The molecule has 0 unspecified atom stereocenters. The van der Waals surface area contributed by atoms with Gasteiger partial charge in [0.1, 0.15) is 0 Å². The molecule has 0 amide bonds. The van der Waals surface area contributed by atoms with Gasteiger partial charge in [-0.1, -0.05) is 274 Å². The number of rotatable bonds is 8. The van der Waals surface area contributed by atoms with Gasteiger partial charge in [0.2, 0.25) is 0 Å². The number of para-hydroxylation sites is 1. The van der Waals surface area contributed by atoms with Gasteiger partial charge >= 0.3 is 0 Å². The summed E-state index contributed by atoms with van der Waals surface area (Å²) in [5.41, 5.74) is 31.7. The van der Waals surface area contributed by atoms with E-state index in [0.29, 0.717) is 0 Å². The van der Waals surface area contributed by atoms with E-state index in [9.17, 15) is 0 Å². The van der Waals surface area contributed by atoms with Gasteiger partial charge in [-0.2, -0.15) is 0 Å². The Labute approximate surface area is 631 Å². The molecule has 0 saturated heterocycles. The minimum Gasteiger partial charge on any atom is -0.310 e. The predicted molar refractivity (Wildman–Crippen MR) is 459 cm³/mol. The van der Waals surface area contributed by atoms with Crippen molar-refractivity contribution in [1.82, 2.24) is 0 Å². The molecule has 0 fully saturated rings. The van der Waals surface area contributed by atoms with Crippen LogP contribution in [-0.2, 0) is 21.7 Å². The Kier molecular flexibility index (Phi) is 13.1. The van der Waals surface area contributed by atoms with Crippen molar-refractivity contribution < 1.29 is 0 Å². The van der Waals surface area contributed by atoms with Crippen LogP contribution in [0, 0.1) is 0 Å². The van der Waals surface area contributed by atoms with E-state index in [1.165, 1.54) is 187 Å². The summed E-state index contributed by atoms with van der Waals surface area (Å²) in [5.74, 6) is 0. The van der Waals surface area contributed by atoms with Crippen molar-refractivity contribution in [3.63, 3.8) is 0 Å². The molecule has 4 aliphatic carbocycles. The van der Waals surface area contributed by atoms with Crippen LogP contribution in [0.15, 0.2) is 328 Å². The summed E-state index contributed by atoms with van der Waals surface area (Å²) >= 11 is 0. The van der Waals surface area contributed by atoms with Gasteiger partial charge in [-0.25, -0.2) is 0 Å². The lowest BCUT2D eigenvalue weighted by Crippen LogP contribution is -2.17. The molecule has 0 saturated carbocycles. The third kappa shape index (κ3) is 8.89. The van der Waals surface area contributed by atoms with Crippen LogP contribution in [0.5, 0.6) is 0 Å². The molecule has 0 aliphatic heterocycles. The number of anilines is 6. The SMILES string of the molecule is CC1(C)c2cc(-c3c4ccc(N(c5ccc6c(c5)C(C)(C)c5c-6ccc6ccccc56)c5ccc6ccccc6c5)cc4c(-c4ccc5c(c4)C(C)(C)c4cc6ccccc6cc4-5)c4ccc(N(c5ccccc5)c5ccc6c(c5)C(C)(C)c5c-6ccc6ccccc56)cc34)ccc2-c2cc3ccccc3cc21. The summed E-state index contributed by atoms with van der Waals surface area (Å²) in [6, 6.07) is 126. The largest absolute Gasteiger partial charge is 0.310 e. The van der Waals surface area contributed by atoms with Gasteiger partial charge in [-0.3, -0.25) is 0 Å². The van der Waals surface area contributed by atoms with E-state index < -0.39 is 0 Å². The zero-order chi connectivity index (χ0) is 72.4. The average molecular weight is 1380 g/mol. The van der Waals surface area contributed by atoms with E-state index in [0.717, 1.165) is 34.1 Å². The van der Waals surface area contributed by atoms with Crippen LogP contribution >= 0.6 is 0 Å². The fourth-order valence-electron chi connectivity index (χ4n) is 20.5. The summed E-state index contributed by atoms with van der Waals surface area (Å²) in [4.78, 5) is 5.06. The molecule has 512 valence electrons. The summed E-state index contributed by atoms with van der Waals surface area (Å²) in [6.07, 6.45) is 0. The molecule has 108 heavy (non-hydrogen) atoms. The molecule has 0 atom stereocenters. The van der Waals surface area contributed by atoms with Crippen LogP contribution < -0.4 is 9.80 Å². The molecule has 22 rings (SSSR count). The maximum atomic E-state index is 2.57. The van der Waals surface area contributed by atoms with Crippen LogP contribution in [0.4, 0.5) is 34.1 Å². The van der Waals surface area contributed by atoms with E-state index in [-0.39, 0.29) is 21.7 Å². The van der Waals surface area contributed by atoms with Crippen molar-refractivity contribution >= 4 is 110 Å². The summed E-state index contributed by atoms with van der Waals surface area (Å²) in [7, 11) is 0. The molecule has 2 heteroatoms. The lowest BCUT2D eigenvalue weighted by atomic mass is 9.79. The number of nitrogens with zero attached hydrogens (tertiary/aromatic N) is 2. The average Bonchev–Trinajstić information content (AvgIpc) is 1.44. The van der Waals surface area contributed by atoms with Crippen LogP contribution in [0.25, 0.3) is 142 Å². The molecule has 18 aromatic rings. The smallest absolute Gasteiger partial charge is 0.0468 e. The lowest BCUT2D eigenvalue weighted by molar-refractivity contribution is 0.661. The van der Waals surface area contributed by atoms with Gasteiger partial charge < -0.3 is 9.80 Å². The van der Waals surface area contributed by atoms with Crippen LogP contribution in [0.1, 0.15) is 99.9 Å². The van der Waals surface area contributed by atoms with Crippen LogP contribution in [0.3, 0.4) is 0 Å². The first-order chi connectivity index (χ1) is 52.5. The lowest BCUT2D eigenvalue weighted by Gasteiger charge is -2.30. The molecule has 2 nitrogen and oxygen atoms in total. The molecule has 0 radical (unpaired) electrons. The third-order valence-corrected chi connectivity index (χ3v) is 25.8.